The lowest BCUT2D eigenvalue weighted by atomic mass is 9.82. The lowest BCUT2D eigenvalue weighted by Crippen LogP contribution is -2.15. The van der Waals surface area contributed by atoms with Gasteiger partial charge in [-0.15, -0.1) is 0 Å². The summed E-state index contributed by atoms with van der Waals surface area (Å²) in [5.41, 5.74) is 0.787. The van der Waals surface area contributed by atoms with Crippen molar-refractivity contribution in [1.29, 1.82) is 0 Å². The van der Waals surface area contributed by atoms with Gasteiger partial charge in [-0.3, -0.25) is 4.98 Å². The standard InChI is InChI=1S/C15H15F2N/c1-15(2,3)13-10(6-4-7-11(13)16)14-12(17)8-5-9-18-14/h4-9H,1-3H3. The molecule has 1 nitrogen and oxygen atoms in total. The molecule has 0 N–H and O–H groups in total. The van der Waals surface area contributed by atoms with E-state index in [4.69, 9.17) is 0 Å². The molecule has 1 aromatic heterocycles. The van der Waals surface area contributed by atoms with Gasteiger partial charge < -0.3 is 0 Å². The van der Waals surface area contributed by atoms with Gasteiger partial charge in [0, 0.05) is 17.3 Å². The highest BCUT2D eigenvalue weighted by Gasteiger charge is 2.24. The molecule has 0 spiro atoms. The molecule has 0 aliphatic carbocycles. The van der Waals surface area contributed by atoms with Gasteiger partial charge in [0.2, 0.25) is 0 Å². The van der Waals surface area contributed by atoms with Crippen LogP contribution >= 0.6 is 0 Å². The Morgan fingerprint density at radius 3 is 2.22 bits per heavy atom. The first kappa shape index (κ1) is 12.7. The second kappa shape index (κ2) is 4.48. The van der Waals surface area contributed by atoms with E-state index in [-0.39, 0.29) is 11.5 Å². The zero-order valence-electron chi connectivity index (χ0n) is 10.7. The summed E-state index contributed by atoms with van der Waals surface area (Å²) < 4.78 is 27.8. The highest BCUT2D eigenvalue weighted by Crippen LogP contribution is 2.34. The maximum Gasteiger partial charge on any atom is 0.149 e. The Morgan fingerprint density at radius 2 is 1.61 bits per heavy atom. The van der Waals surface area contributed by atoms with Crippen molar-refractivity contribution in [3.8, 4) is 11.3 Å². The van der Waals surface area contributed by atoms with Crippen LogP contribution in [0.1, 0.15) is 26.3 Å². The number of benzene rings is 1. The van der Waals surface area contributed by atoms with Gasteiger partial charge in [-0.05, 0) is 23.6 Å². The molecule has 3 heteroatoms. The molecule has 1 aromatic carbocycles. The van der Waals surface area contributed by atoms with Gasteiger partial charge in [0.15, 0.2) is 0 Å². The summed E-state index contributed by atoms with van der Waals surface area (Å²) in [5.74, 6) is -0.765. The number of pyridine rings is 1. The summed E-state index contributed by atoms with van der Waals surface area (Å²) in [6.45, 7) is 5.70. The van der Waals surface area contributed by atoms with Gasteiger partial charge in [-0.25, -0.2) is 8.78 Å². The van der Waals surface area contributed by atoms with Crippen molar-refractivity contribution < 1.29 is 8.78 Å². The number of nitrogens with zero attached hydrogens (tertiary/aromatic N) is 1. The number of rotatable bonds is 1. The van der Waals surface area contributed by atoms with E-state index >= 15 is 0 Å². The van der Waals surface area contributed by atoms with Gasteiger partial charge in [0.1, 0.15) is 17.3 Å². The van der Waals surface area contributed by atoms with E-state index in [0.717, 1.165) is 0 Å². The average Bonchev–Trinajstić information content (AvgIpc) is 2.27. The molecule has 0 fully saturated rings. The zero-order chi connectivity index (χ0) is 13.3. The third-order valence-corrected chi connectivity index (χ3v) is 2.78. The maximum atomic E-state index is 14.0. The van der Waals surface area contributed by atoms with E-state index in [1.807, 2.05) is 20.8 Å². The average molecular weight is 247 g/mol. The van der Waals surface area contributed by atoms with E-state index in [1.165, 1.54) is 24.4 Å². The fourth-order valence-electron chi connectivity index (χ4n) is 2.07. The Balaban J connectivity index is 2.73. The van der Waals surface area contributed by atoms with Crippen molar-refractivity contribution in [3.05, 3.63) is 53.7 Å². The Kier molecular flexibility index (Phi) is 3.16. The lowest BCUT2D eigenvalue weighted by Gasteiger charge is -2.23. The molecule has 2 aromatic rings. The van der Waals surface area contributed by atoms with Crippen molar-refractivity contribution in [1.82, 2.24) is 4.98 Å². The summed E-state index contributed by atoms with van der Waals surface area (Å²) in [6, 6.07) is 7.53. The van der Waals surface area contributed by atoms with Crippen molar-refractivity contribution in [2.75, 3.05) is 0 Å². The monoisotopic (exact) mass is 247 g/mol. The minimum atomic E-state index is -0.436. The predicted octanol–water partition coefficient (Wildman–Crippen LogP) is 4.32. The number of halogens is 2. The minimum absolute atomic E-state index is 0.196. The maximum absolute atomic E-state index is 14.0. The Morgan fingerprint density at radius 1 is 0.944 bits per heavy atom. The summed E-state index contributed by atoms with van der Waals surface area (Å²) in [5, 5.41) is 0. The van der Waals surface area contributed by atoms with Crippen LogP contribution in [0.25, 0.3) is 11.3 Å². The van der Waals surface area contributed by atoms with E-state index in [1.54, 1.807) is 12.1 Å². The van der Waals surface area contributed by atoms with Crippen LogP contribution in [0.15, 0.2) is 36.5 Å². The molecule has 94 valence electrons. The second-order valence-corrected chi connectivity index (χ2v) is 5.25. The van der Waals surface area contributed by atoms with Crippen molar-refractivity contribution in [2.24, 2.45) is 0 Å². The third-order valence-electron chi connectivity index (χ3n) is 2.78. The normalized spacial score (nSPS) is 11.6. The summed E-state index contributed by atoms with van der Waals surface area (Å²) >= 11 is 0. The highest BCUT2D eigenvalue weighted by atomic mass is 19.1. The number of hydrogen-bond donors (Lipinski definition) is 0. The third kappa shape index (κ3) is 2.26. The van der Waals surface area contributed by atoms with Gasteiger partial charge in [0.05, 0.1) is 0 Å². The molecule has 0 unspecified atom stereocenters. The Hall–Kier alpha value is -1.77. The van der Waals surface area contributed by atoms with Gasteiger partial charge in [-0.1, -0.05) is 32.9 Å². The quantitative estimate of drug-likeness (QED) is 0.731. The van der Waals surface area contributed by atoms with Crippen LogP contribution in [0, 0.1) is 11.6 Å². The van der Waals surface area contributed by atoms with E-state index in [2.05, 4.69) is 4.98 Å². The molecule has 18 heavy (non-hydrogen) atoms. The molecule has 0 amide bonds. The van der Waals surface area contributed by atoms with Crippen LogP contribution in [-0.2, 0) is 5.41 Å². The largest absolute Gasteiger partial charge is 0.253 e. The molecule has 0 saturated heterocycles. The number of aromatic nitrogens is 1. The van der Waals surface area contributed by atoms with Gasteiger partial charge in [0.25, 0.3) is 0 Å². The van der Waals surface area contributed by atoms with Crippen molar-refractivity contribution in [2.45, 2.75) is 26.2 Å². The molecule has 0 aliphatic heterocycles. The van der Waals surface area contributed by atoms with Crippen LogP contribution in [0.2, 0.25) is 0 Å². The molecule has 0 aliphatic rings. The van der Waals surface area contributed by atoms with Gasteiger partial charge in [-0.2, -0.15) is 0 Å². The molecule has 0 atom stereocenters. The predicted molar refractivity (Wildman–Crippen MR) is 68.3 cm³/mol. The zero-order valence-corrected chi connectivity index (χ0v) is 10.7. The molecule has 1 heterocycles. The molecule has 2 rings (SSSR count). The topological polar surface area (TPSA) is 12.9 Å². The van der Waals surface area contributed by atoms with E-state index < -0.39 is 11.2 Å². The second-order valence-electron chi connectivity index (χ2n) is 5.25. The van der Waals surface area contributed by atoms with Crippen LogP contribution in [0.4, 0.5) is 8.78 Å². The first-order valence-corrected chi connectivity index (χ1v) is 5.81. The SMILES string of the molecule is CC(C)(C)c1c(F)cccc1-c1ncccc1F. The molecular formula is C15H15F2N. The molecule has 0 saturated carbocycles. The van der Waals surface area contributed by atoms with Gasteiger partial charge >= 0.3 is 0 Å². The smallest absolute Gasteiger partial charge is 0.149 e. The van der Waals surface area contributed by atoms with E-state index in [9.17, 15) is 8.78 Å². The first-order chi connectivity index (χ1) is 8.41. The summed E-state index contributed by atoms with van der Waals surface area (Å²) in [6.07, 6.45) is 1.51. The molecule has 0 radical (unpaired) electrons. The summed E-state index contributed by atoms with van der Waals surface area (Å²) in [7, 11) is 0. The van der Waals surface area contributed by atoms with Crippen LogP contribution in [0.5, 0.6) is 0 Å². The lowest BCUT2D eigenvalue weighted by molar-refractivity contribution is 0.523. The Bertz CT molecular complexity index is 571. The fraction of sp³-hybridized carbons (Fsp3) is 0.267. The van der Waals surface area contributed by atoms with Crippen LogP contribution in [-0.4, -0.2) is 4.98 Å². The van der Waals surface area contributed by atoms with Crippen molar-refractivity contribution >= 4 is 0 Å². The fourth-order valence-corrected chi connectivity index (χ4v) is 2.07. The van der Waals surface area contributed by atoms with Crippen LogP contribution < -0.4 is 0 Å². The Labute approximate surface area is 105 Å². The molecule has 0 bridgehead atoms. The summed E-state index contributed by atoms with van der Waals surface area (Å²) in [4.78, 5) is 4.02. The van der Waals surface area contributed by atoms with Crippen molar-refractivity contribution in [3.63, 3.8) is 0 Å². The first-order valence-electron chi connectivity index (χ1n) is 5.81. The minimum Gasteiger partial charge on any atom is -0.253 e. The van der Waals surface area contributed by atoms with Crippen LogP contribution in [0.3, 0.4) is 0 Å². The molecular weight excluding hydrogens is 232 g/mol. The van der Waals surface area contributed by atoms with E-state index in [0.29, 0.717) is 11.1 Å². The highest BCUT2D eigenvalue weighted by molar-refractivity contribution is 5.66. The number of hydrogen-bond acceptors (Lipinski definition) is 1.